The molecule has 2 aliphatic heterocycles. The fourth-order valence-corrected chi connectivity index (χ4v) is 8.08. The summed E-state index contributed by atoms with van der Waals surface area (Å²) in [7, 11) is 0. The Morgan fingerprint density at radius 3 is 1.49 bits per heavy atom. The minimum absolute atomic E-state index is 0.115. The first-order valence-corrected chi connectivity index (χ1v) is 14.4. The van der Waals surface area contributed by atoms with Crippen LogP contribution in [0.3, 0.4) is 0 Å². The van der Waals surface area contributed by atoms with Crippen LogP contribution in [0.25, 0.3) is 0 Å². The Balaban J connectivity index is 1.51. The molecule has 2 bridgehead atoms. The Morgan fingerprint density at radius 2 is 1.12 bits per heavy atom. The average Bonchev–Trinajstić information content (AvgIpc) is 3.39. The first-order valence-electron chi connectivity index (χ1n) is 14.4. The van der Waals surface area contributed by atoms with Gasteiger partial charge in [0.25, 0.3) is 0 Å². The quantitative estimate of drug-likeness (QED) is 0.391. The number of esters is 1. The molecule has 2 saturated heterocycles. The number of aryl methyl sites for hydroxylation is 2. The van der Waals surface area contributed by atoms with E-state index in [9.17, 15) is 24.0 Å². The van der Waals surface area contributed by atoms with E-state index in [0.29, 0.717) is 16.9 Å². The summed E-state index contributed by atoms with van der Waals surface area (Å²) in [5.41, 5.74) is 2.43. The van der Waals surface area contributed by atoms with E-state index in [0.717, 1.165) is 24.0 Å². The Hall–Kier alpha value is -4.07. The Labute approximate surface area is 239 Å². The lowest BCUT2D eigenvalue weighted by Gasteiger charge is -2.55. The summed E-state index contributed by atoms with van der Waals surface area (Å²) in [4.78, 5) is 72.7. The fourth-order valence-electron chi connectivity index (χ4n) is 8.08. The number of amides is 4. The highest BCUT2D eigenvalue weighted by Crippen LogP contribution is 2.68. The third kappa shape index (κ3) is 3.49. The van der Waals surface area contributed by atoms with Gasteiger partial charge in [-0.2, -0.15) is 0 Å². The Kier molecular flexibility index (Phi) is 6.28. The third-order valence-corrected chi connectivity index (χ3v) is 9.89. The number of benzene rings is 2. The van der Waals surface area contributed by atoms with Gasteiger partial charge in [-0.1, -0.05) is 50.6 Å². The number of hydrogen-bond donors (Lipinski definition) is 0. The zero-order valence-electron chi connectivity index (χ0n) is 24.0. The van der Waals surface area contributed by atoms with Crippen molar-refractivity contribution >= 4 is 41.0 Å². The van der Waals surface area contributed by atoms with E-state index in [1.165, 1.54) is 9.80 Å². The predicted molar refractivity (Wildman–Crippen MR) is 152 cm³/mol. The summed E-state index contributed by atoms with van der Waals surface area (Å²) in [6.45, 7) is 9.30. The van der Waals surface area contributed by atoms with Crippen LogP contribution in [0.4, 0.5) is 11.4 Å². The molecular formula is C33H34N2O6. The second kappa shape index (κ2) is 9.50. The van der Waals surface area contributed by atoms with Gasteiger partial charge in [-0.15, -0.1) is 0 Å². The van der Waals surface area contributed by atoms with Gasteiger partial charge in [-0.25, -0.2) is 4.79 Å². The maximum atomic E-state index is 14.3. The van der Waals surface area contributed by atoms with Gasteiger partial charge in [-0.05, 0) is 62.1 Å². The van der Waals surface area contributed by atoms with Crippen molar-refractivity contribution in [2.24, 2.45) is 35.0 Å². The van der Waals surface area contributed by atoms with E-state index < -0.39 is 64.6 Å². The van der Waals surface area contributed by atoms with E-state index in [2.05, 4.69) is 0 Å². The number of imide groups is 2. The molecule has 8 nitrogen and oxygen atoms in total. The van der Waals surface area contributed by atoms with E-state index in [4.69, 9.17) is 4.74 Å². The molecule has 7 rings (SSSR count). The first-order chi connectivity index (χ1) is 19.6. The fraction of sp³-hybridized carbons (Fsp3) is 0.424. The number of hydrogen-bond acceptors (Lipinski definition) is 6. The highest BCUT2D eigenvalue weighted by atomic mass is 16.5. The Bertz CT molecular complexity index is 1430. The molecule has 0 spiro atoms. The monoisotopic (exact) mass is 554 g/mol. The molecule has 2 aromatic rings. The molecule has 6 atom stereocenters. The lowest BCUT2D eigenvalue weighted by Crippen LogP contribution is -2.61. The summed E-state index contributed by atoms with van der Waals surface area (Å²) in [6.07, 6.45) is 1.62. The summed E-state index contributed by atoms with van der Waals surface area (Å²) >= 11 is 0. The molecule has 8 heteroatoms. The lowest BCUT2D eigenvalue weighted by atomic mass is 9.43. The minimum atomic E-state index is -1.41. The molecular weight excluding hydrogens is 520 g/mol. The van der Waals surface area contributed by atoms with Gasteiger partial charge in [0.2, 0.25) is 23.6 Å². The van der Waals surface area contributed by atoms with Gasteiger partial charge in [0.1, 0.15) is 0 Å². The van der Waals surface area contributed by atoms with Crippen molar-refractivity contribution in [2.45, 2.75) is 47.5 Å². The smallest absolute Gasteiger partial charge is 0.334 e. The van der Waals surface area contributed by atoms with Gasteiger partial charge in [0, 0.05) is 16.9 Å². The van der Waals surface area contributed by atoms with Crippen molar-refractivity contribution < 1.29 is 28.7 Å². The number of carbonyl (C=O) groups excluding carboxylic acids is 5. The lowest BCUT2D eigenvalue weighted by molar-refractivity contribution is -0.155. The van der Waals surface area contributed by atoms with Crippen LogP contribution >= 0.6 is 0 Å². The second-order valence-electron chi connectivity index (χ2n) is 11.7. The number of allylic oxidation sites excluding steroid dienone is 1. The normalized spacial score (nSPS) is 30.3. The molecule has 0 aromatic heterocycles. The van der Waals surface area contributed by atoms with Crippen molar-refractivity contribution in [2.75, 3.05) is 16.4 Å². The van der Waals surface area contributed by atoms with Crippen LogP contribution in [0.1, 0.15) is 45.7 Å². The summed E-state index contributed by atoms with van der Waals surface area (Å²) in [5.74, 6) is -6.76. The molecule has 212 valence electrons. The molecule has 2 aromatic carbocycles. The van der Waals surface area contributed by atoms with Gasteiger partial charge in [-0.3, -0.25) is 29.0 Å². The minimum Gasteiger partial charge on any atom is -0.463 e. The SMILES string of the molecule is CCOC(=O)C1=C(C)C2[C@@H]3C(=O)N(c4ccc(CC)cc4)C(=O)[C@H]3C1(C)[C@H]1C(=O)N(c3ccc(CC)cc3)C(=O)[C@@H]21. The van der Waals surface area contributed by atoms with Crippen molar-refractivity contribution in [3.8, 4) is 0 Å². The summed E-state index contributed by atoms with van der Waals surface area (Å²) in [6, 6.07) is 14.5. The number of carbonyl (C=O) groups is 5. The van der Waals surface area contributed by atoms with Crippen LogP contribution in [0.2, 0.25) is 0 Å². The van der Waals surface area contributed by atoms with E-state index in [1.807, 2.05) is 38.1 Å². The molecule has 0 N–H and O–H groups in total. The molecule has 41 heavy (non-hydrogen) atoms. The number of rotatable bonds is 6. The summed E-state index contributed by atoms with van der Waals surface area (Å²) in [5, 5.41) is 0. The van der Waals surface area contributed by atoms with Crippen LogP contribution in [-0.2, 0) is 41.6 Å². The van der Waals surface area contributed by atoms with E-state index in [1.54, 1.807) is 45.0 Å². The van der Waals surface area contributed by atoms with Gasteiger partial charge >= 0.3 is 5.97 Å². The van der Waals surface area contributed by atoms with E-state index >= 15 is 0 Å². The van der Waals surface area contributed by atoms with Crippen LogP contribution < -0.4 is 9.80 Å². The number of nitrogens with zero attached hydrogens (tertiary/aromatic N) is 2. The molecule has 2 heterocycles. The molecule has 0 radical (unpaired) electrons. The third-order valence-electron chi connectivity index (χ3n) is 9.89. The highest BCUT2D eigenvalue weighted by molar-refractivity contribution is 6.27. The molecule has 4 amide bonds. The average molecular weight is 555 g/mol. The standard InChI is InChI=1S/C33H34N2O6/c1-6-18-9-13-20(14-10-18)34-28(36)23-22-17(4)25(32(40)41-8-3)33(5,26(23)30(34)38)27-24(22)29(37)35(31(27)39)21-15-11-19(7-2)12-16-21/h9-16,22-24,26-27H,6-8H2,1-5H3/t22?,23-,24-,26-,27+,33?/m0/s1. The molecule has 5 aliphatic rings. The molecule has 1 saturated carbocycles. The van der Waals surface area contributed by atoms with Crippen LogP contribution in [0.15, 0.2) is 59.7 Å². The van der Waals surface area contributed by atoms with Gasteiger partial charge in [0.05, 0.1) is 41.7 Å². The van der Waals surface area contributed by atoms with E-state index in [-0.39, 0.29) is 12.2 Å². The number of ether oxygens (including phenoxy) is 1. The molecule has 3 fully saturated rings. The molecule has 3 aliphatic carbocycles. The highest BCUT2D eigenvalue weighted by Gasteiger charge is 2.77. The largest absolute Gasteiger partial charge is 0.463 e. The first kappa shape index (κ1) is 27.1. The molecule has 2 unspecified atom stereocenters. The van der Waals surface area contributed by atoms with Gasteiger partial charge in [0.15, 0.2) is 0 Å². The van der Waals surface area contributed by atoms with Crippen molar-refractivity contribution in [3.63, 3.8) is 0 Å². The summed E-state index contributed by atoms with van der Waals surface area (Å²) < 4.78 is 5.45. The maximum Gasteiger partial charge on any atom is 0.334 e. The zero-order chi connectivity index (χ0) is 29.4. The van der Waals surface area contributed by atoms with Crippen molar-refractivity contribution in [1.82, 2.24) is 0 Å². The number of anilines is 2. The van der Waals surface area contributed by atoms with Gasteiger partial charge < -0.3 is 4.74 Å². The van der Waals surface area contributed by atoms with Crippen molar-refractivity contribution in [1.29, 1.82) is 0 Å². The van der Waals surface area contributed by atoms with Crippen LogP contribution in [0, 0.1) is 35.0 Å². The van der Waals surface area contributed by atoms with Crippen LogP contribution in [0.5, 0.6) is 0 Å². The second-order valence-corrected chi connectivity index (χ2v) is 11.7. The maximum absolute atomic E-state index is 14.3. The predicted octanol–water partition coefficient (Wildman–Crippen LogP) is 4.25. The topological polar surface area (TPSA) is 101 Å². The zero-order valence-corrected chi connectivity index (χ0v) is 24.0. The van der Waals surface area contributed by atoms with Crippen LogP contribution in [-0.4, -0.2) is 36.2 Å². The Morgan fingerprint density at radius 1 is 0.707 bits per heavy atom. The van der Waals surface area contributed by atoms with Crippen molar-refractivity contribution in [3.05, 3.63) is 70.8 Å².